The molecule has 2 aliphatic heterocycles. The third kappa shape index (κ3) is 2.80. The molecule has 5 heteroatoms. The summed E-state index contributed by atoms with van der Waals surface area (Å²) in [4.78, 5) is 4.96. The van der Waals surface area contributed by atoms with E-state index in [1.54, 1.807) is 0 Å². The lowest BCUT2D eigenvalue weighted by atomic mass is 10.2. The molecule has 86 valence electrons. The predicted octanol–water partition coefficient (Wildman–Crippen LogP) is 0.165. The fourth-order valence-corrected chi connectivity index (χ4v) is 2.56. The van der Waals surface area contributed by atoms with Crippen molar-refractivity contribution < 1.29 is 0 Å². The van der Waals surface area contributed by atoms with Gasteiger partial charge in [0.1, 0.15) is 0 Å². The second kappa shape index (κ2) is 5.09. The van der Waals surface area contributed by atoms with Crippen LogP contribution in [0, 0.1) is 0 Å². The summed E-state index contributed by atoms with van der Waals surface area (Å²) in [5.74, 6) is 0. The Balaban J connectivity index is 1.78. The topological polar surface area (TPSA) is 30.5 Å². The van der Waals surface area contributed by atoms with Crippen LogP contribution in [0.1, 0.15) is 19.8 Å². The first-order valence-electron chi connectivity index (χ1n) is 5.77. The van der Waals surface area contributed by atoms with Crippen molar-refractivity contribution in [2.75, 3.05) is 33.0 Å². The van der Waals surface area contributed by atoms with Crippen molar-refractivity contribution in [3.63, 3.8) is 0 Å². The maximum absolute atomic E-state index is 5.03. The summed E-state index contributed by atoms with van der Waals surface area (Å²) in [5, 5.41) is 7.12. The summed E-state index contributed by atoms with van der Waals surface area (Å²) >= 11 is 5.03. The van der Waals surface area contributed by atoms with Crippen molar-refractivity contribution in [2.45, 2.75) is 25.8 Å². The number of hydrogen-bond acceptors (Lipinski definition) is 3. The Hall–Kier alpha value is -0.390. The summed E-state index contributed by atoms with van der Waals surface area (Å²) in [6.07, 6.45) is 2.69. The Bertz CT molecular complexity index is 223. The van der Waals surface area contributed by atoms with Crippen LogP contribution in [0.2, 0.25) is 0 Å². The number of likely N-dealkylation sites (tertiary alicyclic amines) is 1. The van der Waals surface area contributed by atoms with Gasteiger partial charge in [-0.25, -0.2) is 0 Å². The normalized spacial score (nSPS) is 28.9. The van der Waals surface area contributed by atoms with E-state index >= 15 is 0 Å². The maximum atomic E-state index is 5.03. The lowest BCUT2D eigenvalue weighted by Gasteiger charge is -2.33. The molecule has 0 aromatic rings. The van der Waals surface area contributed by atoms with Crippen molar-refractivity contribution in [1.29, 1.82) is 0 Å². The highest BCUT2D eigenvalue weighted by molar-refractivity contribution is 7.80. The molecule has 2 rings (SSSR count). The van der Waals surface area contributed by atoms with Crippen LogP contribution in [0.25, 0.3) is 0 Å². The minimum atomic E-state index is 0.741. The van der Waals surface area contributed by atoms with Crippen molar-refractivity contribution >= 4 is 17.3 Å². The Morgan fingerprint density at radius 3 is 2.80 bits per heavy atom. The number of thiocarbonyl (C=S) groups is 1. The Morgan fingerprint density at radius 1 is 1.40 bits per heavy atom. The van der Waals surface area contributed by atoms with Gasteiger partial charge in [-0.2, -0.15) is 0 Å². The van der Waals surface area contributed by atoms with E-state index in [9.17, 15) is 0 Å². The molecule has 0 bridgehead atoms. The average Bonchev–Trinajstić information content (AvgIpc) is 2.69. The van der Waals surface area contributed by atoms with Crippen LogP contribution in [0.5, 0.6) is 0 Å². The van der Waals surface area contributed by atoms with Gasteiger partial charge in [0.25, 0.3) is 0 Å². The van der Waals surface area contributed by atoms with E-state index < -0.39 is 0 Å². The van der Waals surface area contributed by atoms with Gasteiger partial charge in [-0.05, 0) is 38.1 Å². The molecule has 2 N–H and O–H groups in total. The molecule has 0 spiro atoms. The minimum Gasteiger partial charge on any atom is -0.350 e. The number of nitrogens with one attached hydrogen (secondary N) is 2. The molecule has 1 atom stereocenters. The maximum Gasteiger partial charge on any atom is 0.168 e. The second-order valence-corrected chi connectivity index (χ2v) is 4.69. The Labute approximate surface area is 97.0 Å². The predicted molar refractivity (Wildman–Crippen MR) is 65.6 cm³/mol. The molecule has 0 aromatic carbocycles. The van der Waals surface area contributed by atoms with Crippen molar-refractivity contribution in [3.8, 4) is 0 Å². The van der Waals surface area contributed by atoms with Gasteiger partial charge >= 0.3 is 0 Å². The summed E-state index contributed by atoms with van der Waals surface area (Å²) in [7, 11) is 0. The lowest BCUT2D eigenvalue weighted by molar-refractivity contribution is 0.163. The zero-order chi connectivity index (χ0) is 10.7. The first-order chi connectivity index (χ1) is 7.29. The van der Waals surface area contributed by atoms with E-state index in [1.165, 1.54) is 25.9 Å². The summed E-state index contributed by atoms with van der Waals surface area (Å²) in [6.45, 7) is 7.63. The van der Waals surface area contributed by atoms with Gasteiger partial charge in [0.05, 0.1) is 13.3 Å². The molecule has 0 aliphatic carbocycles. The molecule has 15 heavy (non-hydrogen) atoms. The van der Waals surface area contributed by atoms with E-state index in [0.717, 1.165) is 31.0 Å². The zero-order valence-corrected chi connectivity index (χ0v) is 10.1. The fraction of sp³-hybridized carbons (Fsp3) is 0.900. The average molecular weight is 228 g/mol. The van der Waals surface area contributed by atoms with Gasteiger partial charge in [-0.1, -0.05) is 6.92 Å². The van der Waals surface area contributed by atoms with Crippen LogP contribution in [0.15, 0.2) is 0 Å². The first-order valence-corrected chi connectivity index (χ1v) is 6.18. The van der Waals surface area contributed by atoms with Gasteiger partial charge in [0.15, 0.2) is 5.11 Å². The van der Waals surface area contributed by atoms with Crippen LogP contribution in [-0.2, 0) is 0 Å². The SMILES string of the molecule is CCN1CCC[C@@H]1CN1CNC(=S)NC1. The largest absolute Gasteiger partial charge is 0.350 e. The molecular formula is C10H20N4S. The van der Waals surface area contributed by atoms with E-state index in [4.69, 9.17) is 12.2 Å². The van der Waals surface area contributed by atoms with Crippen LogP contribution < -0.4 is 10.6 Å². The number of rotatable bonds is 3. The van der Waals surface area contributed by atoms with Crippen LogP contribution >= 0.6 is 12.2 Å². The van der Waals surface area contributed by atoms with Crippen molar-refractivity contribution in [1.82, 2.24) is 20.4 Å². The smallest absolute Gasteiger partial charge is 0.168 e. The number of hydrogen-bond donors (Lipinski definition) is 2. The highest BCUT2D eigenvalue weighted by Gasteiger charge is 2.25. The fourth-order valence-electron chi connectivity index (χ4n) is 2.43. The molecule has 0 amide bonds. The summed E-state index contributed by atoms with van der Waals surface area (Å²) in [5.41, 5.74) is 0. The van der Waals surface area contributed by atoms with Gasteiger partial charge in [-0.3, -0.25) is 9.80 Å². The molecule has 2 aliphatic rings. The highest BCUT2D eigenvalue weighted by atomic mass is 32.1. The third-order valence-electron chi connectivity index (χ3n) is 3.30. The highest BCUT2D eigenvalue weighted by Crippen LogP contribution is 2.17. The molecule has 0 radical (unpaired) electrons. The number of likely N-dealkylation sites (N-methyl/N-ethyl adjacent to an activating group) is 1. The Kier molecular flexibility index (Phi) is 3.77. The summed E-state index contributed by atoms with van der Waals surface area (Å²) < 4.78 is 0. The van der Waals surface area contributed by atoms with Gasteiger partial charge in [-0.15, -0.1) is 0 Å². The molecule has 0 unspecified atom stereocenters. The van der Waals surface area contributed by atoms with E-state index in [-0.39, 0.29) is 0 Å². The number of nitrogens with zero attached hydrogens (tertiary/aromatic N) is 2. The molecule has 2 saturated heterocycles. The van der Waals surface area contributed by atoms with Crippen LogP contribution in [-0.4, -0.2) is 53.9 Å². The van der Waals surface area contributed by atoms with Crippen LogP contribution in [0.4, 0.5) is 0 Å². The third-order valence-corrected chi connectivity index (χ3v) is 3.59. The Morgan fingerprint density at radius 2 is 2.13 bits per heavy atom. The van der Waals surface area contributed by atoms with E-state index in [2.05, 4.69) is 27.4 Å². The first kappa shape index (κ1) is 11.1. The molecule has 2 heterocycles. The standard InChI is InChI=1S/C10H20N4S/c1-2-14-5-3-4-9(14)6-13-7-11-10(15)12-8-13/h9H,2-8H2,1H3,(H2,11,12,15)/t9-/m1/s1. The molecule has 0 saturated carbocycles. The summed E-state index contributed by atoms with van der Waals surface area (Å²) in [6, 6.07) is 0.741. The van der Waals surface area contributed by atoms with Crippen molar-refractivity contribution in [2.24, 2.45) is 0 Å². The van der Waals surface area contributed by atoms with Crippen LogP contribution in [0.3, 0.4) is 0 Å². The van der Waals surface area contributed by atoms with Gasteiger partial charge in [0, 0.05) is 12.6 Å². The van der Waals surface area contributed by atoms with E-state index in [1.807, 2.05) is 0 Å². The van der Waals surface area contributed by atoms with Gasteiger partial charge < -0.3 is 10.6 Å². The second-order valence-electron chi connectivity index (χ2n) is 4.28. The lowest BCUT2D eigenvalue weighted by Crippen LogP contribution is -2.56. The minimum absolute atomic E-state index is 0.741. The molecular weight excluding hydrogens is 208 g/mol. The van der Waals surface area contributed by atoms with Crippen molar-refractivity contribution in [3.05, 3.63) is 0 Å². The molecule has 0 aromatic heterocycles. The molecule has 2 fully saturated rings. The molecule has 4 nitrogen and oxygen atoms in total. The quantitative estimate of drug-likeness (QED) is 0.672. The zero-order valence-electron chi connectivity index (χ0n) is 9.33. The van der Waals surface area contributed by atoms with Gasteiger partial charge in [0.2, 0.25) is 0 Å². The monoisotopic (exact) mass is 228 g/mol. The van der Waals surface area contributed by atoms with E-state index in [0.29, 0.717) is 0 Å².